The van der Waals surface area contributed by atoms with Crippen LogP contribution in [0.5, 0.6) is 5.75 Å². The number of nitrogens with zero attached hydrogens (tertiary/aromatic N) is 1. The Morgan fingerprint density at radius 3 is 2.23 bits per heavy atom. The molecular weight excluding hydrogens is 382 g/mol. The zero-order chi connectivity index (χ0) is 21.3. The highest BCUT2D eigenvalue weighted by Gasteiger charge is 2.30. The highest BCUT2D eigenvalue weighted by atomic mass is 16.5. The van der Waals surface area contributed by atoms with Crippen LogP contribution in [0.25, 0.3) is 0 Å². The largest absolute Gasteiger partial charge is 0.548 e. The van der Waals surface area contributed by atoms with E-state index in [4.69, 9.17) is 9.47 Å². The lowest BCUT2D eigenvalue weighted by Gasteiger charge is -2.36. The van der Waals surface area contributed by atoms with E-state index in [-0.39, 0.29) is 18.4 Å². The van der Waals surface area contributed by atoms with Crippen LogP contribution in [0.2, 0.25) is 0 Å². The van der Waals surface area contributed by atoms with Gasteiger partial charge in [0.1, 0.15) is 12.4 Å². The molecule has 1 atom stereocenters. The number of benzene rings is 2. The van der Waals surface area contributed by atoms with Crippen molar-refractivity contribution in [1.82, 2.24) is 4.90 Å². The Balaban J connectivity index is 1.68. The van der Waals surface area contributed by atoms with Crippen LogP contribution in [0, 0.1) is 5.92 Å². The molecule has 6 nitrogen and oxygen atoms in total. The first-order valence-electron chi connectivity index (χ1n) is 10.4. The second-order valence-electron chi connectivity index (χ2n) is 7.47. The topological polar surface area (TPSA) is 78.9 Å². The van der Waals surface area contributed by atoms with Crippen molar-refractivity contribution < 1.29 is 24.2 Å². The lowest BCUT2D eigenvalue weighted by atomic mass is 9.76. The van der Waals surface area contributed by atoms with Crippen LogP contribution < -0.4 is 9.84 Å². The van der Waals surface area contributed by atoms with Gasteiger partial charge in [-0.15, -0.1) is 0 Å². The van der Waals surface area contributed by atoms with Gasteiger partial charge in [0.05, 0.1) is 19.2 Å². The Hall–Kier alpha value is -2.86. The number of ether oxygens (including phenoxy) is 2. The molecule has 0 spiro atoms. The molecule has 0 bridgehead atoms. The minimum atomic E-state index is -1.32. The highest BCUT2D eigenvalue weighted by Crippen LogP contribution is 2.38. The fraction of sp³-hybridized carbons (Fsp3) is 0.417. The quantitative estimate of drug-likeness (QED) is 0.633. The Morgan fingerprint density at radius 2 is 1.63 bits per heavy atom. The average Bonchev–Trinajstić information content (AvgIpc) is 2.76. The third kappa shape index (κ3) is 5.83. The molecule has 0 aromatic heterocycles. The molecular formula is C24H28NO5-. The highest BCUT2D eigenvalue weighted by molar-refractivity contribution is 5.78. The number of rotatable bonds is 9. The third-order valence-electron chi connectivity index (χ3n) is 5.52. The van der Waals surface area contributed by atoms with Gasteiger partial charge in [-0.25, -0.2) is 0 Å². The van der Waals surface area contributed by atoms with Gasteiger partial charge >= 0.3 is 0 Å². The minimum absolute atomic E-state index is 0.174. The lowest BCUT2D eigenvalue weighted by Crippen LogP contribution is -2.42. The number of carbonyl (C=O) groups is 2. The van der Waals surface area contributed by atoms with Crippen LogP contribution in [0.15, 0.2) is 54.6 Å². The molecule has 2 aromatic rings. The fourth-order valence-electron chi connectivity index (χ4n) is 4.13. The molecule has 0 radical (unpaired) electrons. The number of hydrogen-bond acceptors (Lipinski definition) is 5. The van der Waals surface area contributed by atoms with Gasteiger partial charge in [0, 0.05) is 19.0 Å². The number of hydrogen-bond donors (Lipinski definition) is 0. The van der Waals surface area contributed by atoms with E-state index < -0.39 is 12.6 Å². The summed E-state index contributed by atoms with van der Waals surface area (Å²) in [5.74, 6) is 0.0200. The molecule has 0 saturated carbocycles. The Morgan fingerprint density at radius 1 is 1.00 bits per heavy atom. The van der Waals surface area contributed by atoms with Gasteiger partial charge in [-0.2, -0.15) is 0 Å². The predicted molar refractivity (Wildman–Crippen MR) is 111 cm³/mol. The lowest BCUT2D eigenvalue weighted by molar-refractivity contribution is -0.309. The summed E-state index contributed by atoms with van der Waals surface area (Å²) < 4.78 is 10.5. The Bertz CT molecular complexity index is 813. The van der Waals surface area contributed by atoms with Crippen LogP contribution in [0.1, 0.15) is 36.8 Å². The van der Waals surface area contributed by atoms with E-state index in [1.165, 1.54) is 11.1 Å². The summed E-state index contributed by atoms with van der Waals surface area (Å²) in [7, 11) is 0. The van der Waals surface area contributed by atoms with Crippen molar-refractivity contribution in [2.24, 2.45) is 5.92 Å². The maximum absolute atomic E-state index is 12.3. The van der Waals surface area contributed by atoms with Crippen molar-refractivity contribution in [2.75, 3.05) is 32.9 Å². The van der Waals surface area contributed by atoms with Crippen molar-refractivity contribution in [1.29, 1.82) is 0 Å². The van der Waals surface area contributed by atoms with E-state index in [1.54, 1.807) is 4.90 Å². The zero-order valence-corrected chi connectivity index (χ0v) is 17.3. The molecule has 1 aliphatic rings. The first-order valence-corrected chi connectivity index (χ1v) is 10.4. The van der Waals surface area contributed by atoms with Gasteiger partial charge in [-0.05, 0) is 48.9 Å². The summed E-state index contributed by atoms with van der Waals surface area (Å²) in [5.41, 5.74) is 2.51. The van der Waals surface area contributed by atoms with E-state index >= 15 is 0 Å². The summed E-state index contributed by atoms with van der Waals surface area (Å²) in [6.07, 6.45) is 1.75. The molecule has 160 valence electrons. The Labute approximate surface area is 177 Å². The van der Waals surface area contributed by atoms with Crippen molar-refractivity contribution in [3.63, 3.8) is 0 Å². The monoisotopic (exact) mass is 410 g/mol. The second-order valence-corrected chi connectivity index (χ2v) is 7.47. The molecule has 0 aliphatic carbocycles. The van der Waals surface area contributed by atoms with E-state index in [0.717, 1.165) is 18.6 Å². The van der Waals surface area contributed by atoms with E-state index in [2.05, 4.69) is 36.4 Å². The molecule has 6 heteroatoms. The van der Waals surface area contributed by atoms with Gasteiger partial charge < -0.3 is 24.3 Å². The molecule has 3 rings (SSSR count). The van der Waals surface area contributed by atoms with Crippen LogP contribution >= 0.6 is 0 Å². The first kappa shape index (κ1) is 21.8. The van der Waals surface area contributed by atoms with Crippen LogP contribution in [-0.2, 0) is 14.3 Å². The van der Waals surface area contributed by atoms with Gasteiger partial charge in [-0.3, -0.25) is 4.79 Å². The van der Waals surface area contributed by atoms with Gasteiger partial charge in [0.25, 0.3) is 0 Å². The number of carbonyl (C=O) groups excluding carboxylic acids is 2. The molecule has 1 amide bonds. The van der Waals surface area contributed by atoms with E-state index in [1.807, 2.05) is 25.1 Å². The first-order chi connectivity index (χ1) is 14.6. The fourth-order valence-corrected chi connectivity index (χ4v) is 4.13. The standard InChI is InChI=1S/C24H29NO5/c1-2-30-21-10-8-19(9-11-21)24(18-6-4-3-5-7-18)20-12-14-25(15-13-20)22(26)16-29-17-23(27)28/h3-11,20,24H,2,12-17H2,1H3,(H,27,28)/p-1. The summed E-state index contributed by atoms with van der Waals surface area (Å²) in [4.78, 5) is 24.5. The second kappa shape index (κ2) is 10.8. The molecule has 1 fully saturated rings. The van der Waals surface area contributed by atoms with Gasteiger partial charge in [0.2, 0.25) is 5.91 Å². The normalized spacial score (nSPS) is 15.6. The molecule has 1 heterocycles. The predicted octanol–water partition coefficient (Wildman–Crippen LogP) is 2.22. The number of carboxylic acid groups (broad SMARTS) is 1. The molecule has 1 aliphatic heterocycles. The smallest absolute Gasteiger partial charge is 0.248 e. The third-order valence-corrected chi connectivity index (χ3v) is 5.52. The number of carboxylic acids is 1. The molecule has 0 N–H and O–H groups in total. The van der Waals surface area contributed by atoms with E-state index in [9.17, 15) is 14.7 Å². The maximum Gasteiger partial charge on any atom is 0.248 e. The maximum atomic E-state index is 12.3. The van der Waals surface area contributed by atoms with Crippen LogP contribution in [0.3, 0.4) is 0 Å². The molecule has 2 aromatic carbocycles. The van der Waals surface area contributed by atoms with Gasteiger partial charge in [0.15, 0.2) is 0 Å². The van der Waals surface area contributed by atoms with Crippen LogP contribution in [-0.4, -0.2) is 49.7 Å². The van der Waals surface area contributed by atoms with Crippen LogP contribution in [0.4, 0.5) is 0 Å². The van der Waals surface area contributed by atoms with Crippen molar-refractivity contribution in [3.05, 3.63) is 65.7 Å². The zero-order valence-electron chi connectivity index (χ0n) is 17.3. The number of likely N-dealkylation sites (tertiary alicyclic amines) is 1. The minimum Gasteiger partial charge on any atom is -0.548 e. The van der Waals surface area contributed by atoms with Gasteiger partial charge in [-0.1, -0.05) is 42.5 Å². The van der Waals surface area contributed by atoms with Crippen molar-refractivity contribution in [3.8, 4) is 5.75 Å². The summed E-state index contributed by atoms with van der Waals surface area (Å²) >= 11 is 0. The molecule has 1 unspecified atom stereocenters. The number of amides is 1. The number of aliphatic carboxylic acids is 1. The summed E-state index contributed by atoms with van der Waals surface area (Å²) in [6.45, 7) is 3.10. The SMILES string of the molecule is CCOc1ccc(C(c2ccccc2)C2CCN(C(=O)COCC(=O)[O-])CC2)cc1. The average molecular weight is 410 g/mol. The summed E-state index contributed by atoms with van der Waals surface area (Å²) in [6, 6.07) is 18.8. The molecule has 30 heavy (non-hydrogen) atoms. The van der Waals surface area contributed by atoms with Crippen molar-refractivity contribution in [2.45, 2.75) is 25.7 Å². The Kier molecular flexibility index (Phi) is 7.85. The number of piperidine rings is 1. The molecule has 1 saturated heterocycles. The van der Waals surface area contributed by atoms with E-state index in [0.29, 0.717) is 25.6 Å². The van der Waals surface area contributed by atoms with Crippen molar-refractivity contribution >= 4 is 11.9 Å². The summed E-state index contributed by atoms with van der Waals surface area (Å²) in [5, 5.41) is 10.4.